The van der Waals surface area contributed by atoms with Gasteiger partial charge in [0.05, 0.1) is 55.2 Å². The van der Waals surface area contributed by atoms with Crippen molar-refractivity contribution in [3.05, 3.63) is 70.1 Å². The largest absolute Gasteiger partial charge is 0.388 e. The number of aliphatic hydroxyl groups excluding tert-OH is 6. The number of nitriles is 1. The minimum Gasteiger partial charge on any atom is -0.388 e. The molecule has 7 heterocycles. The summed E-state index contributed by atoms with van der Waals surface area (Å²) in [7, 11) is 36.4. The van der Waals surface area contributed by atoms with Gasteiger partial charge < -0.3 is 134 Å². The van der Waals surface area contributed by atoms with Crippen LogP contribution in [0.2, 0.25) is 0 Å². The molecule has 12 radical (unpaired) electrons. The number of halogens is 1. The molecule has 13 N–H and O–H groups in total. The van der Waals surface area contributed by atoms with E-state index < -0.39 is 172 Å². The number of rotatable bonds is 34. The summed E-state index contributed by atoms with van der Waals surface area (Å²) in [4.78, 5) is 99.8. The SMILES string of the molecule is CC(C)N=P(Cl)(CCC#N)C(C)C.CC[C@H]1O[C@@H](n2ccc(NC(=O)c3ccccc3)nc2=O)C(OC(C)C(=O)NC)[C@H]1O.CNC(=O)C(C)C.[BH].[B][C@@H]1O[C@H](CC)[C@H](O)C1O.[B][C@@H]1O[C@H](CC)[C@H](O)C1OC(C)C(=O)NC.[B][C@@H]1O[C@H](CC)[C@H](O)C1O[C@@H](C)C(=O)NC.[B][C@@H]1O[C@H](CC)[C@H](O)C1O[C@H](C)C(=O)NC.[B][C@@H]1O[C@H](CC)[C@H](OP(C)OCC[N+]#[C-])C1OC(C)C(=O)NC. The number of aromatic nitrogens is 2. The van der Waals surface area contributed by atoms with Crippen molar-refractivity contribution >= 4 is 121 Å². The van der Waals surface area contributed by atoms with Crippen molar-refractivity contribution in [2.75, 3.05) is 73.6 Å². The van der Waals surface area contributed by atoms with Crippen molar-refractivity contribution < 1.29 is 125 Å². The fourth-order valence-electron chi connectivity index (χ4n) is 13.4. The van der Waals surface area contributed by atoms with E-state index in [0.717, 1.165) is 6.16 Å². The summed E-state index contributed by atoms with van der Waals surface area (Å²) in [5, 5.41) is 84.4. The van der Waals surface area contributed by atoms with Crippen molar-refractivity contribution in [3.8, 4) is 6.07 Å². The van der Waals surface area contributed by atoms with E-state index in [1.807, 2.05) is 75.9 Å². The maximum absolute atomic E-state index is 12.7. The topological polar surface area (TPSA) is 520 Å². The Bertz CT molecular complexity index is 3810. The zero-order valence-electron chi connectivity index (χ0n) is 81.4. The summed E-state index contributed by atoms with van der Waals surface area (Å²) in [6.45, 7) is 40.5. The summed E-state index contributed by atoms with van der Waals surface area (Å²) in [5.74, 6) is -1.46. The lowest BCUT2D eigenvalue weighted by Crippen LogP contribution is -2.43. The molecule has 31 atom stereocenters. The Kier molecular flexibility index (Phi) is 62.7. The number of carbonyl (C=O) groups is 7. The number of hydrogen-bond donors (Lipinski definition) is 13. The number of anilines is 1. The average Bonchev–Trinajstić information content (AvgIpc) is 1.65. The summed E-state index contributed by atoms with van der Waals surface area (Å²) in [5.41, 5.74) is 0.115. The molecular weight excluding hydrogens is 1780 g/mol. The monoisotopic (exact) mass is 1930 g/mol. The first-order valence-corrected chi connectivity index (χ1v) is 49.0. The molecule has 0 saturated carbocycles. The Morgan fingerprint density at radius 1 is 0.526 bits per heavy atom. The standard InChI is InChI=1S/C21H26N4O6.C14H24BN2O5P.3C10H18BNO4.C9H18ClN2P.C6H11BO3.C5H11NO.BH/c1-4-14-16(26)17(30-12(2)18(27)22-3)20(31-14)25-11-10-15(24-21(25)29)23-19(28)13-8-6-5-7-9-13;1-6-10-11(22-23(5)19-8-7-16-3)12(13(15)21-10)20-9(2)14(18)17-4;3*1-4-6-7(13)8(9(11)16-6)15-5(2)10(14)12-3;1-8(2)12-13(10,9(3)4)7-5-6-11;1-2-3-4(8)5(9)6(7)10-3;1-4(2)5(7)6-3;/h5-12,14,16-17,20,26H,4H2,1-3H3,(H,22,27)(H,23,24,28,29);9-13H,6-8H2,1-2,4-5H3,(H,17,18);3*5-9,13H,4H2,1-3H3,(H,12,14);8-9H,5,7H2,1-4H3;3-6,8-9H,2H2,1H3;4H,1-3H3,(H,6,7);1H/t12?,14-,16+,17?,20-;9?,10-,11+,12?,13-,23?;5?,6-,7+,8?,9-;5-,6+,7-,8?,9+;5-,6-,7+,8?,9-;;3-,4+,5?,6-;;/m11101.1../s1. The van der Waals surface area contributed by atoms with Gasteiger partial charge in [-0.3, -0.25) is 42.9 Å². The molecule has 1 aromatic carbocycles. The van der Waals surface area contributed by atoms with Gasteiger partial charge in [0, 0.05) is 129 Å². The van der Waals surface area contributed by atoms with E-state index in [4.69, 9.17) is 129 Å². The molecule has 6 aliphatic heterocycles. The number of aliphatic hydroxyl groups is 6. The first kappa shape index (κ1) is 127. The average molecular weight is 1930 g/mol. The maximum atomic E-state index is 12.7. The lowest BCUT2D eigenvalue weighted by molar-refractivity contribution is -0.144. The van der Waals surface area contributed by atoms with Crippen LogP contribution in [0.5, 0.6) is 0 Å². The molecule has 133 heavy (non-hydrogen) atoms. The van der Waals surface area contributed by atoms with Gasteiger partial charge in [0.2, 0.25) is 42.0 Å². The molecule has 48 heteroatoms. The fourth-order valence-corrected chi connectivity index (χ4v) is 17.3. The molecular formula is C85H145B6ClN12O27P2. The second-order valence-corrected chi connectivity index (χ2v) is 38.2. The normalized spacial score (nSPS) is 29.3. The van der Waals surface area contributed by atoms with Gasteiger partial charge in [0.25, 0.3) is 5.91 Å². The Morgan fingerprint density at radius 3 is 1.18 bits per heavy atom. The third-order valence-electron chi connectivity index (χ3n) is 21.1. The second kappa shape index (κ2) is 65.7. The van der Waals surface area contributed by atoms with E-state index in [-0.39, 0.29) is 92.2 Å². The number of amides is 7. The Hall–Kier alpha value is -6.05. The van der Waals surface area contributed by atoms with E-state index in [9.17, 15) is 63.9 Å². The second-order valence-electron chi connectivity index (χ2n) is 31.9. The van der Waals surface area contributed by atoms with E-state index in [2.05, 4.69) is 71.7 Å². The Balaban J connectivity index is 0.00000155. The molecule has 0 aliphatic carbocycles. The quantitative estimate of drug-likeness (QED) is 0.0206. The summed E-state index contributed by atoms with van der Waals surface area (Å²) < 4.78 is 77.4. The van der Waals surface area contributed by atoms with Crippen molar-refractivity contribution in [2.24, 2.45) is 10.7 Å². The minimum absolute atomic E-state index is 0. The summed E-state index contributed by atoms with van der Waals surface area (Å²) in [6, 6.07) is 8.95. The molecule has 742 valence electrons. The number of nitrogens with one attached hydrogen (secondary N) is 7. The fraction of sp³-hybridized carbons (Fsp3) is 0.776. The van der Waals surface area contributed by atoms with Crippen molar-refractivity contribution in [3.63, 3.8) is 0 Å². The van der Waals surface area contributed by atoms with Crippen LogP contribution in [0.15, 0.2) is 52.1 Å². The molecule has 0 bridgehead atoms. The minimum atomic E-state index is -1.74. The van der Waals surface area contributed by atoms with Gasteiger partial charge in [-0.1, -0.05) is 98.7 Å². The van der Waals surface area contributed by atoms with Gasteiger partial charge in [-0.2, -0.15) is 10.2 Å². The van der Waals surface area contributed by atoms with Crippen LogP contribution in [0.25, 0.3) is 4.85 Å². The number of hydrogen-bond acceptors (Lipinski definition) is 30. The van der Waals surface area contributed by atoms with E-state index in [0.29, 0.717) is 69.3 Å². The van der Waals surface area contributed by atoms with Crippen LogP contribution in [-0.4, -0.2) is 380 Å². The van der Waals surface area contributed by atoms with E-state index in [1.165, 1.54) is 45.0 Å². The maximum Gasteiger partial charge on any atom is 0.351 e. The van der Waals surface area contributed by atoms with Crippen LogP contribution in [-0.2, 0) is 89.9 Å². The Morgan fingerprint density at radius 2 is 0.872 bits per heavy atom. The highest BCUT2D eigenvalue weighted by Crippen LogP contribution is 2.60. The van der Waals surface area contributed by atoms with Crippen LogP contribution in [0.3, 0.4) is 0 Å². The molecule has 6 fully saturated rings. The van der Waals surface area contributed by atoms with Crippen LogP contribution >= 0.6 is 26.0 Å². The summed E-state index contributed by atoms with van der Waals surface area (Å²) in [6.07, 6.45) is -10.8. The number of nitrogens with zero attached hydrogens (tertiary/aromatic N) is 5. The smallest absolute Gasteiger partial charge is 0.351 e. The lowest BCUT2D eigenvalue weighted by Gasteiger charge is -2.28. The third-order valence-corrected chi connectivity index (χ3v) is 27.4. The molecule has 6 saturated heterocycles. The molecule has 1 aromatic heterocycles. The first-order valence-electron chi connectivity index (χ1n) is 44.4. The van der Waals surface area contributed by atoms with Gasteiger partial charge in [0.15, 0.2) is 14.6 Å². The van der Waals surface area contributed by atoms with E-state index >= 15 is 0 Å². The zero-order valence-corrected chi connectivity index (χ0v) is 84.0. The number of benzene rings is 1. The number of carbonyl (C=O) groups excluding carboxylic acids is 7. The van der Waals surface area contributed by atoms with Gasteiger partial charge in [-0.25, -0.2) is 11.4 Å². The van der Waals surface area contributed by atoms with E-state index in [1.54, 1.807) is 79.0 Å². The van der Waals surface area contributed by atoms with Crippen molar-refractivity contribution in [2.45, 2.75) is 351 Å². The highest BCUT2D eigenvalue weighted by Gasteiger charge is 2.49. The van der Waals surface area contributed by atoms with Crippen LogP contribution < -0.4 is 42.9 Å². The molecule has 11 unspecified atom stereocenters. The predicted octanol–water partition coefficient (Wildman–Crippen LogP) is 2.09. The summed E-state index contributed by atoms with van der Waals surface area (Å²) >= 11 is 6.44. The lowest BCUT2D eigenvalue weighted by atomic mass is 9.92. The highest BCUT2D eigenvalue weighted by molar-refractivity contribution is 7.91. The molecule has 39 nitrogen and oxygen atoms in total. The number of ether oxygens (including phenoxy) is 11. The molecule has 8 rings (SSSR count). The highest BCUT2D eigenvalue weighted by atomic mass is 35.7. The van der Waals surface area contributed by atoms with Crippen LogP contribution in [0, 0.1) is 23.8 Å². The third kappa shape index (κ3) is 41.5. The van der Waals surface area contributed by atoms with Gasteiger partial charge in [-0.05, 0) is 105 Å². The Labute approximate surface area is 800 Å². The van der Waals surface area contributed by atoms with Crippen LogP contribution in [0.1, 0.15) is 179 Å². The zero-order chi connectivity index (χ0) is 101. The van der Waals surface area contributed by atoms with Gasteiger partial charge in [-0.15, -0.1) is 0 Å². The number of likely N-dealkylation sites (N-methyl/N-ethyl adjacent to an activating group) is 5. The van der Waals surface area contributed by atoms with Gasteiger partial charge in [0.1, 0.15) is 149 Å². The van der Waals surface area contributed by atoms with Crippen molar-refractivity contribution in [1.82, 2.24) is 41.5 Å². The van der Waals surface area contributed by atoms with Gasteiger partial charge >= 0.3 is 5.69 Å². The molecule has 0 spiro atoms. The molecule has 6 aliphatic rings. The van der Waals surface area contributed by atoms with Crippen molar-refractivity contribution in [1.29, 1.82) is 5.26 Å². The molecule has 2 aromatic rings. The first-order chi connectivity index (χ1) is 62.1. The predicted molar refractivity (Wildman–Crippen MR) is 510 cm³/mol. The van der Waals surface area contributed by atoms with Crippen LogP contribution in [0.4, 0.5) is 5.82 Å². The molecule has 7 amide bonds.